The molecular weight excluding hydrogens is 412 g/mol. The second kappa shape index (κ2) is 7.77. The molecule has 2 N–H and O–H groups in total. The van der Waals surface area contributed by atoms with E-state index in [0.717, 1.165) is 37.4 Å². The number of H-pyrrole nitrogens is 1. The fourth-order valence-electron chi connectivity index (χ4n) is 3.45. The second-order valence-corrected chi connectivity index (χ2v) is 7.82. The zero-order valence-corrected chi connectivity index (χ0v) is 17.0. The first kappa shape index (κ1) is 19.3. The average Bonchev–Trinajstić information content (AvgIpc) is 3.22. The van der Waals surface area contributed by atoms with Gasteiger partial charge in [0.2, 0.25) is 0 Å². The van der Waals surface area contributed by atoms with Crippen LogP contribution in [0.15, 0.2) is 52.6 Å². The SMILES string of the molecule is COc1ccc2[nH]c(=O)c3sccc3c2c1-c1ccc(CCN(Cl)C(=O)O)cc1. The van der Waals surface area contributed by atoms with Crippen molar-refractivity contribution in [3.8, 4) is 16.9 Å². The summed E-state index contributed by atoms with van der Waals surface area (Å²) in [5, 5.41) is 12.6. The minimum absolute atomic E-state index is 0.0991. The predicted molar refractivity (Wildman–Crippen MR) is 116 cm³/mol. The van der Waals surface area contributed by atoms with Crippen molar-refractivity contribution in [1.82, 2.24) is 9.40 Å². The van der Waals surface area contributed by atoms with Gasteiger partial charge in [-0.3, -0.25) is 4.79 Å². The van der Waals surface area contributed by atoms with Gasteiger partial charge in [0.25, 0.3) is 5.56 Å². The lowest BCUT2D eigenvalue weighted by atomic mass is 9.96. The van der Waals surface area contributed by atoms with E-state index in [1.165, 1.54) is 11.3 Å². The lowest BCUT2D eigenvalue weighted by Gasteiger charge is -2.14. The molecule has 0 aliphatic heterocycles. The summed E-state index contributed by atoms with van der Waals surface area (Å²) < 4.78 is 7.04. The number of nitrogens with one attached hydrogen (secondary N) is 1. The van der Waals surface area contributed by atoms with Crippen molar-refractivity contribution in [3.63, 3.8) is 0 Å². The number of amides is 1. The molecule has 4 aromatic rings. The summed E-state index contributed by atoms with van der Waals surface area (Å²) in [6.07, 6.45) is -0.664. The van der Waals surface area contributed by atoms with Crippen molar-refractivity contribution >= 4 is 50.2 Å². The van der Waals surface area contributed by atoms with Gasteiger partial charge in [-0.1, -0.05) is 24.3 Å². The number of halogens is 1. The Morgan fingerprint density at radius 2 is 1.97 bits per heavy atom. The van der Waals surface area contributed by atoms with Crippen LogP contribution in [0.1, 0.15) is 5.56 Å². The van der Waals surface area contributed by atoms with Crippen LogP contribution >= 0.6 is 23.1 Å². The molecule has 2 aromatic carbocycles. The predicted octanol–water partition coefficient (Wildman–Crippen LogP) is 5.09. The number of aromatic nitrogens is 1. The number of thiophene rings is 1. The molecule has 0 spiro atoms. The summed E-state index contributed by atoms with van der Waals surface area (Å²) in [5.74, 6) is 0.711. The summed E-state index contributed by atoms with van der Waals surface area (Å²) in [6, 6.07) is 13.5. The number of ether oxygens (including phenoxy) is 1. The molecule has 0 atom stereocenters. The van der Waals surface area contributed by atoms with Gasteiger partial charge in [-0.2, -0.15) is 0 Å². The maximum Gasteiger partial charge on any atom is 0.422 e. The van der Waals surface area contributed by atoms with E-state index in [9.17, 15) is 9.59 Å². The Hall–Kier alpha value is -3.03. The van der Waals surface area contributed by atoms with Crippen molar-refractivity contribution < 1.29 is 14.6 Å². The van der Waals surface area contributed by atoms with E-state index in [-0.39, 0.29) is 12.1 Å². The van der Waals surface area contributed by atoms with Crippen LogP contribution < -0.4 is 10.3 Å². The molecule has 8 heteroatoms. The normalized spacial score (nSPS) is 11.1. The van der Waals surface area contributed by atoms with E-state index >= 15 is 0 Å². The lowest BCUT2D eigenvalue weighted by molar-refractivity contribution is 0.173. The molecule has 4 rings (SSSR count). The summed E-state index contributed by atoms with van der Waals surface area (Å²) in [5.41, 5.74) is 3.46. The van der Waals surface area contributed by atoms with Gasteiger partial charge in [0.05, 0.1) is 7.11 Å². The quantitative estimate of drug-likeness (QED) is 0.433. The molecule has 6 nitrogen and oxygen atoms in total. The highest BCUT2D eigenvalue weighted by molar-refractivity contribution is 7.17. The monoisotopic (exact) mass is 428 g/mol. The molecule has 0 saturated carbocycles. The lowest BCUT2D eigenvalue weighted by Crippen LogP contribution is -2.21. The number of methoxy groups -OCH3 is 1. The number of nitrogens with zero attached hydrogens (tertiary/aromatic N) is 1. The second-order valence-electron chi connectivity index (χ2n) is 6.50. The van der Waals surface area contributed by atoms with Crippen molar-refractivity contribution in [2.24, 2.45) is 0 Å². The highest BCUT2D eigenvalue weighted by Gasteiger charge is 2.16. The Morgan fingerprint density at radius 3 is 2.66 bits per heavy atom. The van der Waals surface area contributed by atoms with Crippen molar-refractivity contribution in [2.45, 2.75) is 6.42 Å². The Balaban J connectivity index is 1.82. The molecule has 0 aliphatic carbocycles. The Kier molecular flexibility index (Phi) is 5.17. The molecule has 2 heterocycles. The minimum Gasteiger partial charge on any atom is -0.496 e. The van der Waals surface area contributed by atoms with Gasteiger partial charge in [-0.05, 0) is 41.1 Å². The molecule has 0 aliphatic rings. The number of carboxylic acid groups (broad SMARTS) is 1. The Labute approximate surface area is 175 Å². The van der Waals surface area contributed by atoms with Crippen molar-refractivity contribution in [2.75, 3.05) is 13.7 Å². The van der Waals surface area contributed by atoms with Gasteiger partial charge in [-0.25, -0.2) is 9.21 Å². The van der Waals surface area contributed by atoms with Crippen LogP contribution in [-0.2, 0) is 6.42 Å². The van der Waals surface area contributed by atoms with Crippen LogP contribution in [-0.4, -0.2) is 34.3 Å². The van der Waals surface area contributed by atoms with Gasteiger partial charge in [-0.15, -0.1) is 11.3 Å². The molecule has 29 heavy (non-hydrogen) atoms. The topological polar surface area (TPSA) is 82.6 Å². The van der Waals surface area contributed by atoms with Crippen LogP contribution in [0.2, 0.25) is 0 Å². The highest BCUT2D eigenvalue weighted by atomic mass is 35.5. The first-order chi connectivity index (χ1) is 14.0. The number of benzene rings is 2. The first-order valence-corrected chi connectivity index (χ1v) is 10.1. The fraction of sp³-hybridized carbons (Fsp3) is 0.143. The maximum absolute atomic E-state index is 12.3. The van der Waals surface area contributed by atoms with Gasteiger partial charge >= 0.3 is 6.09 Å². The van der Waals surface area contributed by atoms with E-state index in [1.54, 1.807) is 7.11 Å². The number of pyridine rings is 1. The summed E-state index contributed by atoms with van der Waals surface area (Å²) in [6.45, 7) is 0.199. The number of rotatable bonds is 5. The zero-order chi connectivity index (χ0) is 20.5. The van der Waals surface area contributed by atoms with E-state index < -0.39 is 6.09 Å². The molecule has 0 unspecified atom stereocenters. The third-order valence-corrected chi connectivity index (χ3v) is 6.05. The van der Waals surface area contributed by atoms with Crippen molar-refractivity contribution in [3.05, 3.63) is 63.8 Å². The molecule has 148 valence electrons. The molecule has 0 saturated heterocycles. The van der Waals surface area contributed by atoms with Gasteiger partial charge < -0.3 is 14.8 Å². The number of carbonyl (C=O) groups is 1. The third kappa shape index (κ3) is 3.54. The molecule has 1 amide bonds. The molecular formula is C21H17ClN2O4S. The fourth-order valence-corrected chi connectivity index (χ4v) is 4.33. The smallest absolute Gasteiger partial charge is 0.422 e. The number of aromatic amines is 1. The third-order valence-electron chi connectivity index (χ3n) is 4.82. The van der Waals surface area contributed by atoms with Gasteiger partial charge in [0.15, 0.2) is 0 Å². The Bertz CT molecular complexity index is 1260. The average molecular weight is 429 g/mol. The zero-order valence-electron chi connectivity index (χ0n) is 15.4. The molecule has 0 fully saturated rings. The summed E-state index contributed by atoms with van der Waals surface area (Å²) >= 11 is 7.05. The van der Waals surface area contributed by atoms with Crippen LogP contribution in [0.4, 0.5) is 4.79 Å². The standard InChI is InChI=1S/C21H17ClN2O4S/c1-28-16-7-6-15-18(14-9-11-29-19(14)20(25)23-15)17(16)13-4-2-12(3-5-13)8-10-24(22)21(26)27/h2-7,9,11H,8,10H2,1H3,(H,23,25)(H,26,27). The molecule has 2 aromatic heterocycles. The van der Waals surface area contributed by atoms with Crippen LogP contribution in [0, 0.1) is 0 Å². The van der Waals surface area contributed by atoms with Gasteiger partial charge in [0, 0.05) is 40.2 Å². The highest BCUT2D eigenvalue weighted by Crippen LogP contribution is 2.40. The summed E-state index contributed by atoms with van der Waals surface area (Å²) in [7, 11) is 1.62. The molecule has 0 radical (unpaired) electrons. The van der Waals surface area contributed by atoms with Crippen LogP contribution in [0.5, 0.6) is 5.75 Å². The number of fused-ring (bicyclic) bond motifs is 3. The van der Waals surface area contributed by atoms with Crippen molar-refractivity contribution in [1.29, 1.82) is 0 Å². The van der Waals surface area contributed by atoms with Crippen LogP contribution in [0.25, 0.3) is 32.1 Å². The molecule has 0 bridgehead atoms. The maximum atomic E-state index is 12.3. The van der Waals surface area contributed by atoms with E-state index in [2.05, 4.69) is 4.98 Å². The first-order valence-electron chi connectivity index (χ1n) is 8.85. The van der Waals surface area contributed by atoms with E-state index in [4.69, 9.17) is 21.6 Å². The number of hydrogen-bond acceptors (Lipinski definition) is 4. The number of hydrogen-bond donors (Lipinski definition) is 2. The van der Waals surface area contributed by atoms with E-state index in [0.29, 0.717) is 16.9 Å². The largest absolute Gasteiger partial charge is 0.496 e. The van der Waals surface area contributed by atoms with E-state index in [1.807, 2.05) is 47.8 Å². The Morgan fingerprint density at radius 1 is 1.21 bits per heavy atom. The summed E-state index contributed by atoms with van der Waals surface area (Å²) in [4.78, 5) is 26.1. The minimum atomic E-state index is -1.17. The van der Waals surface area contributed by atoms with Gasteiger partial charge in [0.1, 0.15) is 10.4 Å². The van der Waals surface area contributed by atoms with Crippen LogP contribution in [0.3, 0.4) is 0 Å².